The molecule has 2 heterocycles. The number of rotatable bonds is 3. The summed E-state index contributed by atoms with van der Waals surface area (Å²) in [5.74, 6) is -3.02. The van der Waals surface area contributed by atoms with Gasteiger partial charge in [-0.25, -0.2) is 4.79 Å². The van der Waals surface area contributed by atoms with Crippen LogP contribution >= 0.6 is 0 Å². The Morgan fingerprint density at radius 2 is 1.96 bits per heavy atom. The van der Waals surface area contributed by atoms with Gasteiger partial charge in [0.2, 0.25) is 11.8 Å². The number of nitrogens with zero attached hydrogens (tertiary/aromatic N) is 2. The van der Waals surface area contributed by atoms with Gasteiger partial charge < -0.3 is 15.7 Å². The van der Waals surface area contributed by atoms with Gasteiger partial charge in [-0.2, -0.15) is 15.4 Å². The van der Waals surface area contributed by atoms with Gasteiger partial charge in [0.25, 0.3) is 0 Å². The van der Waals surface area contributed by atoms with Gasteiger partial charge in [-0.05, 0) is 12.1 Å². The summed E-state index contributed by atoms with van der Waals surface area (Å²) >= 11 is 0. The van der Waals surface area contributed by atoms with E-state index in [2.05, 4.69) is 26.0 Å². The molecular weight excluding hydrogens is 304 g/mol. The average molecular weight is 316 g/mol. The van der Waals surface area contributed by atoms with E-state index < -0.39 is 30.0 Å². The number of nitrogens with one attached hydrogen (secondary N) is 4. The van der Waals surface area contributed by atoms with Gasteiger partial charge in [-0.3, -0.25) is 14.9 Å². The number of amides is 4. The van der Waals surface area contributed by atoms with Crippen LogP contribution in [0.5, 0.6) is 0 Å². The first-order chi connectivity index (χ1) is 11.0. The predicted octanol–water partition coefficient (Wildman–Crippen LogP) is -0.816. The molecule has 23 heavy (non-hydrogen) atoms. The largest absolute Gasteiger partial charge is 0.372 e. The third-order valence-corrected chi connectivity index (χ3v) is 3.26. The van der Waals surface area contributed by atoms with Crippen molar-refractivity contribution in [1.82, 2.24) is 26.0 Å². The molecule has 2 unspecified atom stereocenters. The molecule has 3 rings (SSSR count). The number of carbonyl (C=O) groups is 3. The molecule has 1 aliphatic heterocycles. The van der Waals surface area contributed by atoms with Crippen LogP contribution in [0.1, 0.15) is 0 Å². The molecule has 1 fully saturated rings. The molecule has 10 heteroatoms. The van der Waals surface area contributed by atoms with Gasteiger partial charge in [0, 0.05) is 11.3 Å². The maximum Gasteiger partial charge on any atom is 0.323 e. The van der Waals surface area contributed by atoms with Crippen LogP contribution in [0.15, 0.2) is 30.5 Å². The van der Waals surface area contributed by atoms with Gasteiger partial charge in [-0.1, -0.05) is 12.1 Å². The minimum absolute atomic E-state index is 0.430. The fourth-order valence-corrected chi connectivity index (χ4v) is 2.13. The zero-order chi connectivity index (χ0) is 16.4. The number of carbonyl (C=O) groups excluding carboxylic acids is 3. The second kappa shape index (κ2) is 5.85. The number of benzene rings is 1. The number of urea groups is 1. The number of imide groups is 1. The van der Waals surface area contributed by atoms with Crippen LogP contribution < -0.4 is 16.0 Å². The monoisotopic (exact) mass is 316 g/mol. The van der Waals surface area contributed by atoms with Crippen molar-refractivity contribution in [3.05, 3.63) is 30.5 Å². The number of anilines is 1. The third kappa shape index (κ3) is 3.01. The Balaban J connectivity index is 1.70. The lowest BCUT2D eigenvalue weighted by atomic mass is 10.0. The highest BCUT2D eigenvalue weighted by molar-refractivity contribution is 6.12. The quantitative estimate of drug-likeness (QED) is 0.467. The van der Waals surface area contributed by atoms with Gasteiger partial charge in [0.1, 0.15) is 11.9 Å². The molecule has 0 radical (unpaired) electrons. The zero-order valence-corrected chi connectivity index (χ0v) is 11.6. The number of hydrogen-bond donors (Lipinski definition) is 5. The topological polar surface area (TPSA) is 149 Å². The molecule has 0 spiro atoms. The van der Waals surface area contributed by atoms with Crippen molar-refractivity contribution < 1.29 is 19.5 Å². The molecule has 0 aliphatic carbocycles. The van der Waals surface area contributed by atoms with Gasteiger partial charge in [0.15, 0.2) is 5.92 Å². The molecule has 1 saturated heterocycles. The number of aliphatic hydroxyl groups excluding tert-OH is 1. The first-order valence-electron chi connectivity index (χ1n) is 6.61. The molecular formula is C13H12N6O4. The van der Waals surface area contributed by atoms with E-state index in [9.17, 15) is 19.5 Å². The first-order valence-corrected chi connectivity index (χ1v) is 6.61. The summed E-state index contributed by atoms with van der Waals surface area (Å²) in [7, 11) is 0. The standard InChI is InChI=1S/C13H12N6O4/c20-10(9-11(21)16-13(23)17-12(9)22)15-7-3-1-6(2-4-7)8-5-14-19-18-8/h1-5,9,11,21H,(H,15,20)(H,14,18,19)(H2,16,17,22,23). The highest BCUT2D eigenvalue weighted by atomic mass is 16.3. The van der Waals surface area contributed by atoms with E-state index >= 15 is 0 Å². The molecule has 1 aromatic heterocycles. The normalized spacial score (nSPS) is 20.6. The average Bonchev–Trinajstić information content (AvgIpc) is 3.01. The summed E-state index contributed by atoms with van der Waals surface area (Å²) in [6, 6.07) is 5.82. The van der Waals surface area contributed by atoms with E-state index in [0.717, 1.165) is 5.56 Å². The minimum atomic E-state index is -1.58. The van der Waals surface area contributed by atoms with Crippen molar-refractivity contribution in [2.24, 2.45) is 5.92 Å². The second-order valence-corrected chi connectivity index (χ2v) is 4.81. The molecule has 4 amide bonds. The number of H-pyrrole nitrogens is 1. The lowest BCUT2D eigenvalue weighted by Crippen LogP contribution is -2.61. The molecule has 0 bridgehead atoms. The van der Waals surface area contributed by atoms with Gasteiger partial charge >= 0.3 is 6.03 Å². The van der Waals surface area contributed by atoms with E-state index in [1.165, 1.54) is 0 Å². The van der Waals surface area contributed by atoms with Crippen LogP contribution in [0, 0.1) is 5.92 Å². The molecule has 0 saturated carbocycles. The van der Waals surface area contributed by atoms with Crippen molar-refractivity contribution in [3.8, 4) is 11.3 Å². The first kappa shape index (κ1) is 14.7. The molecule has 2 aromatic rings. The fourth-order valence-electron chi connectivity index (χ4n) is 2.13. The predicted molar refractivity (Wildman–Crippen MR) is 76.6 cm³/mol. The van der Waals surface area contributed by atoms with E-state index in [-0.39, 0.29) is 0 Å². The Morgan fingerprint density at radius 1 is 1.22 bits per heavy atom. The maximum atomic E-state index is 12.1. The Bertz CT molecular complexity index is 742. The Morgan fingerprint density at radius 3 is 2.57 bits per heavy atom. The Hall–Kier alpha value is -3.27. The number of hydrogen-bond acceptors (Lipinski definition) is 6. The lowest BCUT2D eigenvalue weighted by molar-refractivity contribution is -0.138. The SMILES string of the molecule is O=C1NC(=O)C(C(=O)Nc2ccc(-c3cn[nH]n3)cc2)C(O)N1. The summed E-state index contributed by atoms with van der Waals surface area (Å²) in [5, 5.41) is 26.3. The van der Waals surface area contributed by atoms with Gasteiger partial charge in [0.05, 0.1) is 6.20 Å². The summed E-state index contributed by atoms with van der Waals surface area (Å²) in [5.41, 5.74) is 1.87. The van der Waals surface area contributed by atoms with Crippen LogP contribution in [0.4, 0.5) is 10.5 Å². The highest BCUT2D eigenvalue weighted by Gasteiger charge is 2.39. The van der Waals surface area contributed by atoms with Crippen molar-refractivity contribution in [2.75, 3.05) is 5.32 Å². The summed E-state index contributed by atoms with van der Waals surface area (Å²) < 4.78 is 0. The smallest absolute Gasteiger partial charge is 0.323 e. The van der Waals surface area contributed by atoms with E-state index in [0.29, 0.717) is 11.4 Å². The zero-order valence-electron chi connectivity index (χ0n) is 11.6. The molecule has 5 N–H and O–H groups in total. The van der Waals surface area contributed by atoms with Crippen LogP contribution in [0.2, 0.25) is 0 Å². The van der Waals surface area contributed by atoms with Crippen LogP contribution in [0.25, 0.3) is 11.3 Å². The molecule has 2 atom stereocenters. The number of aromatic amines is 1. The minimum Gasteiger partial charge on any atom is -0.372 e. The lowest BCUT2D eigenvalue weighted by Gasteiger charge is -2.26. The van der Waals surface area contributed by atoms with Crippen molar-refractivity contribution >= 4 is 23.5 Å². The number of aromatic nitrogens is 3. The molecule has 1 aliphatic rings. The highest BCUT2D eigenvalue weighted by Crippen LogP contribution is 2.19. The van der Waals surface area contributed by atoms with Crippen LogP contribution in [-0.2, 0) is 9.59 Å². The maximum absolute atomic E-state index is 12.1. The van der Waals surface area contributed by atoms with Crippen molar-refractivity contribution in [2.45, 2.75) is 6.23 Å². The second-order valence-electron chi connectivity index (χ2n) is 4.81. The van der Waals surface area contributed by atoms with Crippen LogP contribution in [-0.4, -0.2) is 44.6 Å². The fraction of sp³-hybridized carbons (Fsp3) is 0.154. The Labute approximate surface area is 129 Å². The molecule has 118 valence electrons. The summed E-state index contributed by atoms with van der Waals surface area (Å²) in [6.07, 6.45) is -0.0235. The van der Waals surface area contributed by atoms with Crippen molar-refractivity contribution in [3.63, 3.8) is 0 Å². The van der Waals surface area contributed by atoms with Gasteiger partial charge in [-0.15, -0.1) is 0 Å². The molecule has 10 nitrogen and oxygen atoms in total. The molecule has 1 aromatic carbocycles. The summed E-state index contributed by atoms with van der Waals surface area (Å²) in [6.45, 7) is 0. The third-order valence-electron chi connectivity index (χ3n) is 3.26. The van der Waals surface area contributed by atoms with E-state index in [1.807, 2.05) is 5.32 Å². The van der Waals surface area contributed by atoms with Crippen LogP contribution in [0.3, 0.4) is 0 Å². The van der Waals surface area contributed by atoms with E-state index in [1.54, 1.807) is 30.5 Å². The summed E-state index contributed by atoms with van der Waals surface area (Å²) in [4.78, 5) is 34.8. The number of aliphatic hydroxyl groups is 1. The Kier molecular flexibility index (Phi) is 3.73. The van der Waals surface area contributed by atoms with Crippen molar-refractivity contribution in [1.29, 1.82) is 0 Å². The van der Waals surface area contributed by atoms with E-state index in [4.69, 9.17) is 0 Å².